The van der Waals surface area contributed by atoms with Gasteiger partial charge in [0.25, 0.3) is 0 Å². The van der Waals surface area contributed by atoms with Gasteiger partial charge in [0.05, 0.1) is 0 Å². The zero-order valence-corrected chi connectivity index (χ0v) is 11.4. The number of rotatable bonds is 2. The molecule has 1 aromatic rings. The van der Waals surface area contributed by atoms with Crippen LogP contribution in [0.5, 0.6) is 0 Å². The van der Waals surface area contributed by atoms with E-state index in [1.54, 1.807) is 0 Å². The standard InChI is InChI=1S/C16H23Cl/c17-13-14-9-11-16(12-10-14)15-7-5-3-1-2-4-6-8-15/h9-12,15H,1-8,13H2. The maximum Gasteiger partial charge on any atom is 0.0474 e. The van der Waals surface area contributed by atoms with Gasteiger partial charge in [-0.15, -0.1) is 11.6 Å². The molecule has 0 aromatic heterocycles. The molecule has 1 saturated carbocycles. The van der Waals surface area contributed by atoms with Gasteiger partial charge < -0.3 is 0 Å². The van der Waals surface area contributed by atoms with Gasteiger partial charge in [0.2, 0.25) is 0 Å². The second-order valence-corrected chi connectivity index (χ2v) is 5.54. The molecule has 0 radical (unpaired) electrons. The largest absolute Gasteiger partial charge is 0.122 e. The molecule has 17 heavy (non-hydrogen) atoms. The minimum absolute atomic E-state index is 0.630. The van der Waals surface area contributed by atoms with Gasteiger partial charge in [0.15, 0.2) is 0 Å². The normalized spacial score (nSPS) is 19.4. The monoisotopic (exact) mass is 250 g/mol. The topological polar surface area (TPSA) is 0 Å². The van der Waals surface area contributed by atoms with E-state index in [0.29, 0.717) is 5.88 Å². The maximum absolute atomic E-state index is 5.83. The highest BCUT2D eigenvalue weighted by atomic mass is 35.5. The van der Waals surface area contributed by atoms with Crippen molar-refractivity contribution in [2.75, 3.05) is 0 Å². The predicted octanol–water partition coefficient (Wildman–Crippen LogP) is 5.64. The van der Waals surface area contributed by atoms with Gasteiger partial charge in [-0.1, -0.05) is 62.8 Å². The van der Waals surface area contributed by atoms with Crippen molar-refractivity contribution in [1.82, 2.24) is 0 Å². The van der Waals surface area contributed by atoms with Crippen LogP contribution in [-0.4, -0.2) is 0 Å². The summed E-state index contributed by atoms with van der Waals surface area (Å²) in [4.78, 5) is 0. The fourth-order valence-corrected chi connectivity index (χ4v) is 3.02. The second-order valence-electron chi connectivity index (χ2n) is 5.27. The summed E-state index contributed by atoms with van der Waals surface area (Å²) in [6.45, 7) is 0. The van der Waals surface area contributed by atoms with Crippen molar-refractivity contribution < 1.29 is 0 Å². The molecule has 0 amide bonds. The fourth-order valence-electron chi connectivity index (χ4n) is 2.85. The summed E-state index contributed by atoms with van der Waals surface area (Å²) in [5.74, 6) is 1.42. The molecule has 0 bridgehead atoms. The molecular weight excluding hydrogens is 228 g/mol. The molecule has 1 aliphatic carbocycles. The van der Waals surface area contributed by atoms with E-state index >= 15 is 0 Å². The van der Waals surface area contributed by atoms with Crippen LogP contribution in [0.3, 0.4) is 0 Å². The van der Waals surface area contributed by atoms with Crippen molar-refractivity contribution in [2.45, 2.75) is 63.2 Å². The first kappa shape index (κ1) is 13.0. The predicted molar refractivity (Wildman–Crippen MR) is 75.7 cm³/mol. The van der Waals surface area contributed by atoms with E-state index in [9.17, 15) is 0 Å². The van der Waals surface area contributed by atoms with E-state index in [0.717, 1.165) is 5.92 Å². The van der Waals surface area contributed by atoms with Gasteiger partial charge in [-0.3, -0.25) is 0 Å². The zero-order valence-electron chi connectivity index (χ0n) is 10.6. The molecule has 0 saturated heterocycles. The quantitative estimate of drug-likeness (QED) is 0.596. The molecule has 0 N–H and O–H groups in total. The van der Waals surface area contributed by atoms with Crippen molar-refractivity contribution in [3.05, 3.63) is 35.4 Å². The van der Waals surface area contributed by atoms with Crippen molar-refractivity contribution in [1.29, 1.82) is 0 Å². The Balaban J connectivity index is 2.01. The van der Waals surface area contributed by atoms with Crippen LogP contribution in [0.25, 0.3) is 0 Å². The Morgan fingerprint density at radius 1 is 0.824 bits per heavy atom. The number of benzene rings is 1. The van der Waals surface area contributed by atoms with Gasteiger partial charge in [0, 0.05) is 5.88 Å². The number of hydrogen-bond donors (Lipinski definition) is 0. The fraction of sp³-hybridized carbons (Fsp3) is 0.625. The first-order valence-corrected chi connectivity index (χ1v) is 7.58. The van der Waals surface area contributed by atoms with E-state index in [1.807, 2.05) is 0 Å². The molecule has 2 rings (SSSR count). The Hall–Kier alpha value is -0.490. The lowest BCUT2D eigenvalue weighted by Gasteiger charge is -2.16. The van der Waals surface area contributed by atoms with Crippen molar-refractivity contribution in [3.8, 4) is 0 Å². The maximum atomic E-state index is 5.83. The minimum Gasteiger partial charge on any atom is -0.122 e. The lowest BCUT2D eigenvalue weighted by Crippen LogP contribution is -1.99. The minimum atomic E-state index is 0.630. The average Bonchev–Trinajstić information content (AvgIpc) is 2.52. The third-order valence-electron chi connectivity index (χ3n) is 3.96. The van der Waals surface area contributed by atoms with Crippen LogP contribution in [0, 0.1) is 0 Å². The number of hydrogen-bond acceptors (Lipinski definition) is 0. The van der Waals surface area contributed by atoms with E-state index in [-0.39, 0.29) is 0 Å². The molecule has 0 nitrogen and oxygen atoms in total. The second kappa shape index (κ2) is 7.06. The van der Waals surface area contributed by atoms with Gasteiger partial charge in [-0.2, -0.15) is 0 Å². The molecule has 0 atom stereocenters. The third kappa shape index (κ3) is 4.03. The van der Waals surface area contributed by atoms with Crippen LogP contribution < -0.4 is 0 Å². The highest BCUT2D eigenvalue weighted by Gasteiger charge is 2.12. The molecule has 0 unspecified atom stereocenters. The smallest absolute Gasteiger partial charge is 0.0474 e. The Morgan fingerprint density at radius 3 is 1.88 bits per heavy atom. The van der Waals surface area contributed by atoms with Crippen LogP contribution in [0.1, 0.15) is 68.4 Å². The average molecular weight is 251 g/mol. The zero-order chi connectivity index (χ0) is 11.9. The molecule has 1 heteroatoms. The Kier molecular flexibility index (Phi) is 5.38. The lowest BCUT2D eigenvalue weighted by molar-refractivity contribution is 0.539. The van der Waals surface area contributed by atoms with Crippen LogP contribution >= 0.6 is 11.6 Å². The van der Waals surface area contributed by atoms with E-state index in [1.165, 1.54) is 62.5 Å². The summed E-state index contributed by atoms with van der Waals surface area (Å²) < 4.78 is 0. The molecule has 1 aliphatic rings. The number of halogens is 1. The van der Waals surface area contributed by atoms with E-state index < -0.39 is 0 Å². The van der Waals surface area contributed by atoms with E-state index in [4.69, 9.17) is 11.6 Å². The van der Waals surface area contributed by atoms with Gasteiger partial charge in [-0.25, -0.2) is 0 Å². The molecule has 0 spiro atoms. The van der Waals surface area contributed by atoms with Crippen LogP contribution in [-0.2, 0) is 5.88 Å². The molecular formula is C16H23Cl. The highest BCUT2D eigenvalue weighted by molar-refractivity contribution is 6.17. The van der Waals surface area contributed by atoms with Crippen LogP contribution in [0.4, 0.5) is 0 Å². The molecule has 94 valence electrons. The van der Waals surface area contributed by atoms with Gasteiger partial charge in [-0.05, 0) is 29.9 Å². The van der Waals surface area contributed by atoms with Crippen molar-refractivity contribution in [2.24, 2.45) is 0 Å². The SMILES string of the molecule is ClCc1ccc(C2CCCCCCCC2)cc1. The van der Waals surface area contributed by atoms with Crippen molar-refractivity contribution in [3.63, 3.8) is 0 Å². The first-order chi connectivity index (χ1) is 8.40. The summed E-state index contributed by atoms with van der Waals surface area (Å²) >= 11 is 5.83. The first-order valence-electron chi connectivity index (χ1n) is 7.05. The Bertz CT molecular complexity index is 305. The summed E-state index contributed by atoms with van der Waals surface area (Å²) in [6.07, 6.45) is 11.3. The third-order valence-corrected chi connectivity index (χ3v) is 4.27. The van der Waals surface area contributed by atoms with Crippen LogP contribution in [0.15, 0.2) is 24.3 Å². The lowest BCUT2D eigenvalue weighted by atomic mass is 9.89. The number of alkyl halides is 1. The summed E-state index contributed by atoms with van der Waals surface area (Å²) in [5.41, 5.74) is 2.76. The summed E-state index contributed by atoms with van der Waals surface area (Å²) in [5, 5.41) is 0. The Morgan fingerprint density at radius 2 is 1.35 bits per heavy atom. The summed E-state index contributed by atoms with van der Waals surface area (Å²) in [7, 11) is 0. The molecule has 1 aromatic carbocycles. The van der Waals surface area contributed by atoms with Crippen LogP contribution in [0.2, 0.25) is 0 Å². The van der Waals surface area contributed by atoms with Gasteiger partial charge >= 0.3 is 0 Å². The highest BCUT2D eigenvalue weighted by Crippen LogP contribution is 2.30. The molecule has 0 aliphatic heterocycles. The summed E-state index contributed by atoms with van der Waals surface area (Å²) in [6, 6.07) is 8.96. The van der Waals surface area contributed by atoms with E-state index in [2.05, 4.69) is 24.3 Å². The molecule has 0 heterocycles. The molecule has 1 fully saturated rings. The van der Waals surface area contributed by atoms with Gasteiger partial charge in [0.1, 0.15) is 0 Å². The van der Waals surface area contributed by atoms with Crippen molar-refractivity contribution >= 4 is 11.6 Å². The Labute approximate surface area is 110 Å².